The summed E-state index contributed by atoms with van der Waals surface area (Å²) in [4.78, 5) is 2.11. The maximum atomic E-state index is 6.02. The van der Waals surface area contributed by atoms with Gasteiger partial charge in [-0.05, 0) is 32.9 Å². The van der Waals surface area contributed by atoms with Gasteiger partial charge in [-0.15, -0.1) is 0 Å². The number of ether oxygens (including phenoxy) is 1. The summed E-state index contributed by atoms with van der Waals surface area (Å²) in [5.74, 6) is 0.758. The van der Waals surface area contributed by atoms with Crippen molar-refractivity contribution in [1.29, 1.82) is 0 Å². The van der Waals surface area contributed by atoms with Crippen LogP contribution in [0.2, 0.25) is 10.0 Å². The number of nitrogen functional groups attached to an aromatic ring is 1. The zero-order valence-electron chi connectivity index (χ0n) is 10.6. The van der Waals surface area contributed by atoms with Crippen molar-refractivity contribution < 1.29 is 4.74 Å². The van der Waals surface area contributed by atoms with Crippen LogP contribution >= 0.6 is 23.2 Å². The molecule has 0 unspecified atom stereocenters. The first-order chi connectivity index (χ1) is 8.29. The van der Waals surface area contributed by atoms with E-state index < -0.39 is 0 Å². The fraction of sp³-hybridized carbons (Fsp3) is 0.385. The summed E-state index contributed by atoms with van der Waals surface area (Å²) in [6.07, 6.45) is 1.97. The van der Waals surface area contributed by atoms with Crippen LogP contribution in [0.3, 0.4) is 0 Å². The lowest BCUT2D eigenvalue weighted by Crippen LogP contribution is -2.35. The molecule has 98 valence electrons. The number of anilines is 1. The Labute approximate surface area is 117 Å². The molecule has 1 aromatic rings. The molecule has 0 fully saturated rings. The van der Waals surface area contributed by atoms with E-state index in [4.69, 9.17) is 33.7 Å². The predicted octanol–water partition coefficient (Wildman–Crippen LogP) is 3.96. The second-order valence-electron chi connectivity index (χ2n) is 5.26. The standard InChI is InChI=1S/C13H16Cl2N2O/c1-13(2,3)17-6-11(18-7-17)8-4-9(14)12(16)10(15)5-8/h4-6H,7,16H2,1-3H3. The van der Waals surface area contributed by atoms with E-state index in [0.29, 0.717) is 22.5 Å². The van der Waals surface area contributed by atoms with Crippen LogP contribution in [0.25, 0.3) is 5.76 Å². The molecule has 2 rings (SSSR count). The second kappa shape index (κ2) is 4.56. The average molecular weight is 287 g/mol. The number of benzene rings is 1. The average Bonchev–Trinajstić information content (AvgIpc) is 2.73. The molecule has 0 bridgehead atoms. The molecule has 0 spiro atoms. The SMILES string of the molecule is CC(C)(C)N1C=C(c2cc(Cl)c(N)c(Cl)c2)OC1. The Kier molecular flexibility index (Phi) is 3.39. The summed E-state index contributed by atoms with van der Waals surface area (Å²) in [6, 6.07) is 3.53. The van der Waals surface area contributed by atoms with Crippen LogP contribution in [0.4, 0.5) is 5.69 Å². The molecule has 0 radical (unpaired) electrons. The second-order valence-corrected chi connectivity index (χ2v) is 6.08. The van der Waals surface area contributed by atoms with Gasteiger partial charge in [0, 0.05) is 17.3 Å². The van der Waals surface area contributed by atoms with Crippen LogP contribution in [-0.2, 0) is 4.74 Å². The molecule has 0 aromatic heterocycles. The topological polar surface area (TPSA) is 38.5 Å². The van der Waals surface area contributed by atoms with Crippen LogP contribution in [0, 0.1) is 0 Å². The highest BCUT2D eigenvalue weighted by Crippen LogP contribution is 2.34. The lowest BCUT2D eigenvalue weighted by molar-refractivity contribution is 0.110. The molecule has 0 amide bonds. The van der Waals surface area contributed by atoms with Gasteiger partial charge in [0.1, 0.15) is 5.76 Å². The van der Waals surface area contributed by atoms with Gasteiger partial charge in [-0.3, -0.25) is 0 Å². The molecule has 1 aliphatic rings. The van der Waals surface area contributed by atoms with Crippen LogP contribution in [0.1, 0.15) is 26.3 Å². The number of nitrogens with zero attached hydrogens (tertiary/aromatic N) is 1. The predicted molar refractivity (Wildman–Crippen MR) is 76.4 cm³/mol. The quantitative estimate of drug-likeness (QED) is 0.794. The van der Waals surface area contributed by atoms with Gasteiger partial charge in [0.2, 0.25) is 0 Å². The number of hydrogen-bond donors (Lipinski definition) is 1. The van der Waals surface area contributed by atoms with E-state index in [0.717, 1.165) is 11.3 Å². The smallest absolute Gasteiger partial charge is 0.161 e. The number of hydrogen-bond acceptors (Lipinski definition) is 3. The summed E-state index contributed by atoms with van der Waals surface area (Å²) in [5, 5.41) is 0.882. The molecule has 5 heteroatoms. The third kappa shape index (κ3) is 2.52. The van der Waals surface area contributed by atoms with Crippen LogP contribution < -0.4 is 5.73 Å². The minimum absolute atomic E-state index is 0.0170. The zero-order chi connectivity index (χ0) is 13.5. The number of rotatable bonds is 1. The first kappa shape index (κ1) is 13.4. The van der Waals surface area contributed by atoms with Crippen molar-refractivity contribution in [2.24, 2.45) is 0 Å². The summed E-state index contributed by atoms with van der Waals surface area (Å²) in [7, 11) is 0. The van der Waals surface area contributed by atoms with Crippen molar-refractivity contribution >= 4 is 34.6 Å². The summed E-state index contributed by atoms with van der Waals surface area (Å²) in [6.45, 7) is 6.90. The minimum atomic E-state index is 0.0170. The highest BCUT2D eigenvalue weighted by molar-refractivity contribution is 6.39. The maximum absolute atomic E-state index is 6.02. The highest BCUT2D eigenvalue weighted by atomic mass is 35.5. The zero-order valence-corrected chi connectivity index (χ0v) is 12.1. The van der Waals surface area contributed by atoms with E-state index in [1.54, 1.807) is 12.1 Å². The Morgan fingerprint density at radius 2 is 1.78 bits per heavy atom. The van der Waals surface area contributed by atoms with Gasteiger partial charge >= 0.3 is 0 Å². The van der Waals surface area contributed by atoms with Gasteiger partial charge in [-0.2, -0.15) is 0 Å². The summed E-state index contributed by atoms with van der Waals surface area (Å²) >= 11 is 12.0. The van der Waals surface area contributed by atoms with Crippen LogP contribution in [0.5, 0.6) is 0 Å². The molecular formula is C13H16Cl2N2O. The normalized spacial score (nSPS) is 15.6. The van der Waals surface area contributed by atoms with Crippen molar-refractivity contribution in [3.05, 3.63) is 33.9 Å². The van der Waals surface area contributed by atoms with Gasteiger partial charge in [-0.25, -0.2) is 0 Å². The lowest BCUT2D eigenvalue weighted by Gasteiger charge is -2.29. The van der Waals surface area contributed by atoms with E-state index in [2.05, 4.69) is 25.7 Å². The molecular weight excluding hydrogens is 271 g/mol. The number of nitrogens with two attached hydrogens (primary N) is 1. The molecule has 3 nitrogen and oxygen atoms in total. The largest absolute Gasteiger partial charge is 0.471 e. The van der Waals surface area contributed by atoms with Crippen molar-refractivity contribution in [3.63, 3.8) is 0 Å². The van der Waals surface area contributed by atoms with Gasteiger partial charge in [0.05, 0.1) is 15.7 Å². The maximum Gasteiger partial charge on any atom is 0.161 e. The molecule has 0 saturated heterocycles. The van der Waals surface area contributed by atoms with Gasteiger partial charge < -0.3 is 15.4 Å². The van der Waals surface area contributed by atoms with Gasteiger partial charge in [0.25, 0.3) is 0 Å². The third-order valence-electron chi connectivity index (χ3n) is 2.86. The van der Waals surface area contributed by atoms with Gasteiger partial charge in [0.15, 0.2) is 6.73 Å². The summed E-state index contributed by atoms with van der Waals surface area (Å²) < 4.78 is 5.66. The van der Waals surface area contributed by atoms with Crippen molar-refractivity contribution in [2.75, 3.05) is 12.5 Å². The highest BCUT2D eigenvalue weighted by Gasteiger charge is 2.25. The molecule has 1 aromatic carbocycles. The molecule has 0 aliphatic carbocycles. The Morgan fingerprint density at radius 1 is 1.22 bits per heavy atom. The molecule has 18 heavy (non-hydrogen) atoms. The first-order valence-corrected chi connectivity index (χ1v) is 6.41. The van der Waals surface area contributed by atoms with E-state index in [1.807, 2.05) is 6.20 Å². The van der Waals surface area contributed by atoms with E-state index in [9.17, 15) is 0 Å². The molecule has 0 atom stereocenters. The van der Waals surface area contributed by atoms with E-state index in [-0.39, 0.29) is 5.54 Å². The Morgan fingerprint density at radius 3 is 2.22 bits per heavy atom. The first-order valence-electron chi connectivity index (χ1n) is 5.65. The Bertz CT molecular complexity index is 483. The van der Waals surface area contributed by atoms with Crippen LogP contribution in [-0.4, -0.2) is 17.2 Å². The molecule has 0 saturated carbocycles. The molecule has 1 aliphatic heterocycles. The van der Waals surface area contributed by atoms with Crippen molar-refractivity contribution in [1.82, 2.24) is 4.90 Å². The van der Waals surface area contributed by atoms with E-state index in [1.165, 1.54) is 0 Å². The minimum Gasteiger partial charge on any atom is -0.471 e. The van der Waals surface area contributed by atoms with E-state index >= 15 is 0 Å². The molecule has 1 heterocycles. The summed E-state index contributed by atoms with van der Waals surface area (Å²) in [5.41, 5.74) is 6.96. The third-order valence-corrected chi connectivity index (χ3v) is 3.48. The number of halogens is 2. The lowest BCUT2D eigenvalue weighted by atomic mass is 10.1. The Hall–Kier alpha value is -1.06. The fourth-order valence-electron chi connectivity index (χ4n) is 1.63. The van der Waals surface area contributed by atoms with Crippen molar-refractivity contribution in [2.45, 2.75) is 26.3 Å². The van der Waals surface area contributed by atoms with Crippen LogP contribution in [0.15, 0.2) is 18.3 Å². The van der Waals surface area contributed by atoms with Gasteiger partial charge in [-0.1, -0.05) is 23.2 Å². The van der Waals surface area contributed by atoms with Crippen molar-refractivity contribution in [3.8, 4) is 0 Å². The Balaban J connectivity index is 2.34. The fourth-order valence-corrected chi connectivity index (χ4v) is 2.11. The monoisotopic (exact) mass is 286 g/mol. The molecule has 2 N–H and O–H groups in total.